The molecule has 0 aliphatic carbocycles. The van der Waals surface area contributed by atoms with Gasteiger partial charge in [0.25, 0.3) is 0 Å². The summed E-state index contributed by atoms with van der Waals surface area (Å²) in [6.07, 6.45) is 14.6. The van der Waals surface area contributed by atoms with Crippen LogP contribution in [0.2, 0.25) is 0 Å². The topological polar surface area (TPSA) is 89.9 Å². The lowest BCUT2D eigenvalue weighted by Gasteiger charge is -2.25. The largest absolute Gasteiger partial charge is 0.478 e. The molecule has 1 aliphatic heterocycles. The number of cyclic esters (lactones) is 1. The van der Waals surface area contributed by atoms with Gasteiger partial charge in [0.15, 0.2) is 0 Å². The van der Waals surface area contributed by atoms with E-state index >= 15 is 0 Å². The van der Waals surface area contributed by atoms with Crippen LogP contribution in [0, 0.1) is 11.8 Å². The third-order valence-corrected chi connectivity index (χ3v) is 4.97. The minimum Gasteiger partial charge on any atom is -0.478 e. The van der Waals surface area contributed by atoms with Gasteiger partial charge in [0, 0.05) is 17.7 Å². The van der Waals surface area contributed by atoms with Crippen LogP contribution >= 0.6 is 0 Å². The van der Waals surface area contributed by atoms with E-state index in [0.29, 0.717) is 12.3 Å². The van der Waals surface area contributed by atoms with Crippen molar-refractivity contribution in [2.24, 2.45) is 11.8 Å². The van der Waals surface area contributed by atoms with Crippen LogP contribution in [0.5, 0.6) is 0 Å². The minimum atomic E-state index is -1.09. The van der Waals surface area contributed by atoms with Crippen molar-refractivity contribution in [2.45, 2.75) is 72.3 Å². The molecule has 0 aromatic heterocycles. The van der Waals surface area contributed by atoms with E-state index in [0.717, 1.165) is 18.4 Å². The number of hydrogen-bond acceptors (Lipinski definition) is 5. The molecule has 0 spiro atoms. The summed E-state index contributed by atoms with van der Waals surface area (Å²) in [5, 5.41) is 9.80. The van der Waals surface area contributed by atoms with Gasteiger partial charge >= 0.3 is 17.9 Å². The Morgan fingerprint density at radius 2 is 1.97 bits per heavy atom. The smallest absolute Gasteiger partial charge is 0.332 e. The van der Waals surface area contributed by atoms with E-state index in [4.69, 9.17) is 9.47 Å². The number of carbonyl (C=O) groups excluding carboxylic acids is 2. The number of allylic oxidation sites excluding steroid dienone is 3. The fraction of sp³-hybridized carbons (Fsp3) is 0.560. The molecule has 0 aromatic carbocycles. The summed E-state index contributed by atoms with van der Waals surface area (Å²) in [6.45, 7) is 8.35. The number of unbranched alkanes of at least 4 members (excludes halogenated alkanes) is 3. The van der Waals surface area contributed by atoms with Crippen LogP contribution in [-0.4, -0.2) is 35.7 Å². The quantitative estimate of drug-likeness (QED) is 0.187. The first-order valence-corrected chi connectivity index (χ1v) is 11.2. The lowest BCUT2D eigenvalue weighted by atomic mass is 9.88. The van der Waals surface area contributed by atoms with E-state index in [-0.39, 0.29) is 12.2 Å². The van der Waals surface area contributed by atoms with Crippen LogP contribution in [0.15, 0.2) is 47.6 Å². The van der Waals surface area contributed by atoms with E-state index in [1.807, 2.05) is 13.8 Å². The molecule has 0 aromatic rings. The second kappa shape index (κ2) is 14.4. The van der Waals surface area contributed by atoms with E-state index in [1.54, 1.807) is 6.08 Å². The van der Waals surface area contributed by atoms with Crippen molar-refractivity contribution < 1.29 is 29.0 Å². The van der Waals surface area contributed by atoms with E-state index < -0.39 is 29.9 Å². The number of carboxylic acid groups (broad SMARTS) is 1. The fourth-order valence-electron chi connectivity index (χ4n) is 3.42. The van der Waals surface area contributed by atoms with Crippen molar-refractivity contribution in [3.8, 4) is 0 Å². The lowest BCUT2D eigenvalue weighted by Crippen LogP contribution is -2.31. The van der Waals surface area contributed by atoms with Crippen LogP contribution in [0.4, 0.5) is 0 Å². The van der Waals surface area contributed by atoms with Crippen LogP contribution in [0.3, 0.4) is 0 Å². The molecule has 0 saturated carbocycles. The van der Waals surface area contributed by atoms with Gasteiger partial charge in [-0.2, -0.15) is 0 Å². The molecule has 6 heteroatoms. The molecule has 0 bridgehead atoms. The summed E-state index contributed by atoms with van der Waals surface area (Å²) in [6, 6.07) is 0. The van der Waals surface area contributed by atoms with Gasteiger partial charge in [0.05, 0.1) is 12.5 Å². The number of carbonyl (C=O) groups is 3. The Hall–Kier alpha value is -2.63. The Balaban J connectivity index is 3.00. The number of aliphatic carboxylic acids is 1. The number of rotatable bonds is 13. The van der Waals surface area contributed by atoms with Gasteiger partial charge < -0.3 is 14.6 Å². The molecule has 0 amide bonds. The normalized spacial score (nSPS) is 20.6. The first-order chi connectivity index (χ1) is 14.8. The molecule has 31 heavy (non-hydrogen) atoms. The molecule has 1 N–H and O–H groups in total. The number of carboxylic acids is 1. The first-order valence-electron chi connectivity index (χ1n) is 11.2. The zero-order chi connectivity index (χ0) is 23.2. The lowest BCUT2D eigenvalue weighted by molar-refractivity contribution is -0.145. The number of hydrogen-bond donors (Lipinski definition) is 1. The molecule has 0 radical (unpaired) electrons. The highest BCUT2D eigenvalue weighted by atomic mass is 16.5. The molecular formula is C25H36O6. The Morgan fingerprint density at radius 3 is 2.61 bits per heavy atom. The van der Waals surface area contributed by atoms with E-state index in [1.165, 1.54) is 43.6 Å². The molecule has 3 atom stereocenters. The third-order valence-electron chi connectivity index (χ3n) is 4.97. The standard InChI is InChI=1S/C25H36O6/c1-5-7-8-9-10-18(3)16-19(4)17-21(25(28)29)20-11-13-24(27)31-22(20)12-14-23(26)30-15-6-2/h11-14,16-18,20,22H,5-10,15H2,1-4H3,(H,28,29)/t18?,20-,22-/m0/s1. The second-order valence-electron chi connectivity index (χ2n) is 7.96. The average Bonchev–Trinajstić information content (AvgIpc) is 2.72. The Labute approximate surface area is 185 Å². The minimum absolute atomic E-state index is 0.104. The first kappa shape index (κ1) is 26.4. The maximum absolute atomic E-state index is 12.0. The summed E-state index contributed by atoms with van der Waals surface area (Å²) >= 11 is 0. The summed E-state index contributed by atoms with van der Waals surface area (Å²) in [4.78, 5) is 35.4. The maximum atomic E-state index is 12.0. The van der Waals surface area contributed by atoms with E-state index in [9.17, 15) is 19.5 Å². The number of ether oxygens (including phenoxy) is 2. The monoisotopic (exact) mass is 432 g/mol. The van der Waals surface area contributed by atoms with Gasteiger partial charge in [-0.05, 0) is 37.8 Å². The summed E-state index contributed by atoms with van der Waals surface area (Å²) in [7, 11) is 0. The molecule has 1 aliphatic rings. The Morgan fingerprint density at radius 1 is 1.23 bits per heavy atom. The van der Waals surface area contributed by atoms with Gasteiger partial charge in [0.2, 0.25) is 0 Å². The Kier molecular flexibility index (Phi) is 12.3. The maximum Gasteiger partial charge on any atom is 0.332 e. The molecule has 0 saturated heterocycles. The number of esters is 2. The van der Waals surface area contributed by atoms with Crippen LogP contribution < -0.4 is 0 Å². The van der Waals surface area contributed by atoms with Crippen molar-refractivity contribution >= 4 is 17.9 Å². The van der Waals surface area contributed by atoms with Crippen LogP contribution in [-0.2, 0) is 23.9 Å². The zero-order valence-electron chi connectivity index (χ0n) is 19.1. The van der Waals surface area contributed by atoms with E-state index in [2.05, 4.69) is 19.9 Å². The van der Waals surface area contributed by atoms with Crippen molar-refractivity contribution in [1.29, 1.82) is 0 Å². The fourth-order valence-corrected chi connectivity index (χ4v) is 3.42. The molecule has 1 rings (SSSR count). The Bertz CT molecular complexity index is 728. The van der Waals surface area contributed by atoms with Crippen molar-refractivity contribution in [3.05, 3.63) is 47.6 Å². The molecule has 172 valence electrons. The second-order valence-corrected chi connectivity index (χ2v) is 7.96. The van der Waals surface area contributed by atoms with Gasteiger partial charge in [-0.25, -0.2) is 14.4 Å². The molecule has 1 heterocycles. The predicted molar refractivity (Wildman–Crippen MR) is 120 cm³/mol. The summed E-state index contributed by atoms with van der Waals surface area (Å²) in [5.41, 5.74) is 0.947. The molecular weight excluding hydrogens is 396 g/mol. The van der Waals surface area contributed by atoms with Crippen LogP contribution in [0.25, 0.3) is 0 Å². The molecule has 6 nitrogen and oxygen atoms in total. The van der Waals surface area contributed by atoms with Crippen LogP contribution in [0.1, 0.15) is 66.2 Å². The van der Waals surface area contributed by atoms with Gasteiger partial charge in [-0.3, -0.25) is 0 Å². The van der Waals surface area contributed by atoms with Gasteiger partial charge in [-0.1, -0.05) is 64.2 Å². The van der Waals surface area contributed by atoms with Crippen molar-refractivity contribution in [1.82, 2.24) is 0 Å². The highest BCUT2D eigenvalue weighted by Gasteiger charge is 2.31. The molecule has 1 unspecified atom stereocenters. The zero-order valence-corrected chi connectivity index (χ0v) is 19.1. The highest BCUT2D eigenvalue weighted by Crippen LogP contribution is 2.27. The average molecular weight is 433 g/mol. The predicted octanol–water partition coefficient (Wildman–Crippen LogP) is 5.16. The molecule has 0 fully saturated rings. The van der Waals surface area contributed by atoms with Gasteiger partial charge in [-0.15, -0.1) is 0 Å². The highest BCUT2D eigenvalue weighted by molar-refractivity contribution is 5.90. The van der Waals surface area contributed by atoms with Crippen molar-refractivity contribution in [3.63, 3.8) is 0 Å². The van der Waals surface area contributed by atoms with Crippen molar-refractivity contribution in [2.75, 3.05) is 6.61 Å². The van der Waals surface area contributed by atoms with Gasteiger partial charge in [0.1, 0.15) is 6.10 Å². The summed E-state index contributed by atoms with van der Waals surface area (Å²) in [5.74, 6) is -2.59. The third kappa shape index (κ3) is 10.3. The SMILES string of the molecule is CCCCCCC(C)C=C(C)C=C(C(=O)O)[C@@H]1C=CC(=O)O[C@H]1C=CC(=O)OCCC. The summed E-state index contributed by atoms with van der Waals surface area (Å²) < 4.78 is 10.3.